The van der Waals surface area contributed by atoms with E-state index in [0.29, 0.717) is 34.9 Å². The van der Waals surface area contributed by atoms with Crippen LogP contribution in [0.3, 0.4) is 0 Å². The first-order valence-corrected chi connectivity index (χ1v) is 50.8. The Morgan fingerprint density at radius 1 is 0.152 bits per heavy atom. The molecule has 0 atom stereocenters. The summed E-state index contributed by atoms with van der Waals surface area (Å²) in [4.78, 5) is 29.5. The Bertz CT molecular complexity index is 9220. The monoisotopic (exact) mass is 1860 g/mol. The maximum absolute atomic E-state index is 4.97. The number of rotatable bonds is 10. The largest absolute Gasteiger partial charge is 0.309 e. The van der Waals surface area contributed by atoms with Gasteiger partial charge in [-0.25, -0.2) is 29.9 Å². The van der Waals surface area contributed by atoms with Crippen molar-refractivity contribution >= 4 is 86.4 Å². The van der Waals surface area contributed by atoms with Crippen molar-refractivity contribution in [2.24, 2.45) is 0 Å². The summed E-state index contributed by atoms with van der Waals surface area (Å²) in [6, 6.07) is 160. The fourth-order valence-corrected chi connectivity index (χ4v) is 23.5. The number of nitrogens with zero attached hydrogens (tertiary/aromatic N) is 7. The van der Waals surface area contributed by atoms with Gasteiger partial charge in [0.15, 0.2) is 34.9 Å². The molecule has 0 unspecified atom stereocenters. The van der Waals surface area contributed by atoms with Gasteiger partial charge in [-0.15, -0.1) is 0 Å². The van der Waals surface area contributed by atoms with E-state index in [1.807, 2.05) is 121 Å². The minimum absolute atomic E-state index is 0.00395. The van der Waals surface area contributed by atoms with Gasteiger partial charge in [0.2, 0.25) is 0 Å². The highest BCUT2D eigenvalue weighted by atomic mass is 15.0. The van der Waals surface area contributed by atoms with E-state index in [0.717, 1.165) is 50.1 Å². The lowest BCUT2D eigenvalue weighted by atomic mass is 9.55. The molecule has 0 radical (unpaired) electrons. The van der Waals surface area contributed by atoms with Gasteiger partial charge in [-0.2, -0.15) is 0 Å². The molecule has 21 aromatic carbocycles. The zero-order valence-electron chi connectivity index (χ0n) is 83.8. The summed E-state index contributed by atoms with van der Waals surface area (Å²) in [7, 11) is 0. The summed E-state index contributed by atoms with van der Waals surface area (Å²) >= 11 is 0. The summed E-state index contributed by atoms with van der Waals surface area (Å²) in [6.07, 6.45) is 0. The van der Waals surface area contributed by atoms with Gasteiger partial charge in [0.1, 0.15) is 0 Å². The van der Waals surface area contributed by atoms with Crippen LogP contribution in [0.2, 0.25) is 0 Å². The van der Waals surface area contributed by atoms with Crippen molar-refractivity contribution in [1.29, 1.82) is 0 Å². The van der Waals surface area contributed by atoms with E-state index in [9.17, 15) is 0 Å². The van der Waals surface area contributed by atoms with Crippen LogP contribution in [0.1, 0.15) is 116 Å². The third-order valence-electron chi connectivity index (χ3n) is 33.7. The first kappa shape index (κ1) is 89.4. The van der Waals surface area contributed by atoms with Crippen LogP contribution >= 0.6 is 0 Å². The van der Waals surface area contributed by atoms with Crippen molar-refractivity contribution in [2.45, 2.75) is 116 Å². The van der Waals surface area contributed by atoms with E-state index >= 15 is 0 Å². The molecule has 7 heteroatoms. The Balaban J connectivity index is 0.000000114. The third kappa shape index (κ3) is 14.8. The normalized spacial score (nSPS) is 14.5. The second kappa shape index (κ2) is 34.4. The SMILES string of the molecule is CC1(C)c2ccccc2-c2c(ccc3c2ccc2ccc(-c4ccc5c(c4)c4ccccc4n5-c4ccccc4)cc23)C1(C)C.CC1(C)c2ccccc2-c2cc3c(ccc4cc(-c5ccc(-c6nc(-c7ccccc7)nc(-c7ccccc7)n6)cc5)ccc43)cc2C1(C)C.CC1(C)c2ccccc2-c2cc3c(ccc4cc(-c5cccc(-c6nc(-c7ccccc7)nc(-c7ccccc7)n6)c5)ccc43)cc2C1(C)C. The van der Waals surface area contributed by atoms with E-state index in [4.69, 9.17) is 29.9 Å². The van der Waals surface area contributed by atoms with Crippen LogP contribution in [0.15, 0.2) is 443 Å². The lowest BCUT2D eigenvalue weighted by Gasteiger charge is -2.48. The Morgan fingerprint density at radius 2 is 0.455 bits per heavy atom. The molecular formula is C138H109N7. The Labute approximate surface area is 847 Å². The predicted octanol–water partition coefficient (Wildman–Crippen LogP) is 36.2. The number of hydrogen-bond acceptors (Lipinski definition) is 6. The smallest absolute Gasteiger partial charge is 0.164 e. The molecule has 696 valence electrons. The highest BCUT2D eigenvalue weighted by Crippen LogP contribution is 2.60. The third-order valence-corrected chi connectivity index (χ3v) is 33.7. The molecule has 3 heterocycles. The van der Waals surface area contributed by atoms with E-state index in [1.165, 1.54) is 176 Å². The number of benzene rings is 21. The van der Waals surface area contributed by atoms with Gasteiger partial charge in [-0.1, -0.05) is 447 Å². The molecule has 0 saturated carbocycles. The summed E-state index contributed by atoms with van der Waals surface area (Å²) in [5, 5.41) is 18.0. The second-order valence-corrected chi connectivity index (χ2v) is 42.9. The van der Waals surface area contributed by atoms with Crippen LogP contribution in [-0.2, 0) is 32.5 Å². The fraction of sp³-hybridized carbons (Fsp3) is 0.130. The Kier molecular flexibility index (Phi) is 21.2. The standard InChI is InChI=1S/2C47H37N3.C44H35N/c1-46(2)41-21-12-11-20-38(41)40-29-39-35(28-42(40)47(46,3)4)23-22-34-26-33(24-25-37(34)39)32-18-13-19-36(27-32)45-49-43(30-14-7-5-8-15-30)48-44(50-45)31-16-9-6-10-17-31;1-46(2)41-18-12-11-17-38(41)40-29-39-36(28-42(40)47(46,3)4)24-23-35-27-34(25-26-37(35)39)30-19-21-33(22-20-30)45-49-43(31-13-7-5-8-14-31)48-44(50-45)32-15-9-6-10-16-32;1-43(2)38-16-10-8-15-35(38)42-34-22-20-28-18-19-29(26-36(28)32(34)23-24-39(42)44(43,3)4)30-21-25-41-37(27-30)33-14-9-11-17-40(33)45(41)31-12-6-5-7-13-31/h2*5-29H,1-4H3;5-27H,1-4H3. The average Bonchev–Trinajstić information content (AvgIpc) is 1.02. The van der Waals surface area contributed by atoms with Crippen molar-refractivity contribution in [3.05, 3.63) is 476 Å². The molecule has 3 aliphatic rings. The highest BCUT2D eigenvalue weighted by molar-refractivity contribution is 6.17. The van der Waals surface area contributed by atoms with Crippen LogP contribution in [0.5, 0.6) is 0 Å². The first-order valence-electron chi connectivity index (χ1n) is 50.8. The molecule has 3 aromatic heterocycles. The summed E-state index contributed by atoms with van der Waals surface area (Å²) < 4.78 is 2.38. The molecule has 3 aliphatic carbocycles. The highest BCUT2D eigenvalue weighted by Gasteiger charge is 2.49. The molecule has 0 bridgehead atoms. The quantitative estimate of drug-likeness (QED) is 0.127. The van der Waals surface area contributed by atoms with Gasteiger partial charge in [-0.05, 0) is 276 Å². The van der Waals surface area contributed by atoms with Crippen molar-refractivity contribution in [3.8, 4) is 141 Å². The zero-order chi connectivity index (χ0) is 98.6. The predicted molar refractivity (Wildman–Crippen MR) is 609 cm³/mol. The van der Waals surface area contributed by atoms with Crippen molar-refractivity contribution in [3.63, 3.8) is 0 Å². The van der Waals surface area contributed by atoms with Gasteiger partial charge in [0.25, 0.3) is 0 Å². The van der Waals surface area contributed by atoms with Crippen LogP contribution < -0.4 is 0 Å². The molecule has 0 fully saturated rings. The van der Waals surface area contributed by atoms with Crippen LogP contribution in [0.4, 0.5) is 0 Å². The molecule has 0 amide bonds. The summed E-state index contributed by atoms with van der Waals surface area (Å²) in [5.41, 5.74) is 33.3. The summed E-state index contributed by atoms with van der Waals surface area (Å²) in [6.45, 7) is 28.8. The lowest BCUT2D eigenvalue weighted by Crippen LogP contribution is -2.43. The topological polar surface area (TPSA) is 82.3 Å². The van der Waals surface area contributed by atoms with Crippen molar-refractivity contribution in [1.82, 2.24) is 34.5 Å². The molecule has 0 N–H and O–H groups in total. The van der Waals surface area contributed by atoms with Crippen molar-refractivity contribution in [2.75, 3.05) is 0 Å². The van der Waals surface area contributed by atoms with E-state index in [2.05, 4.69) is 409 Å². The summed E-state index contributed by atoms with van der Waals surface area (Å²) in [5.74, 6) is 3.96. The molecule has 145 heavy (non-hydrogen) atoms. The Hall–Kier alpha value is -17.0. The molecule has 0 saturated heterocycles. The molecule has 0 spiro atoms. The average molecular weight is 1870 g/mol. The van der Waals surface area contributed by atoms with E-state index in [-0.39, 0.29) is 32.5 Å². The van der Waals surface area contributed by atoms with Gasteiger partial charge >= 0.3 is 0 Å². The van der Waals surface area contributed by atoms with Crippen LogP contribution in [0.25, 0.3) is 227 Å². The Morgan fingerprint density at radius 3 is 0.952 bits per heavy atom. The van der Waals surface area contributed by atoms with Gasteiger partial charge in [0.05, 0.1) is 11.0 Å². The maximum atomic E-state index is 4.97. The van der Waals surface area contributed by atoms with E-state index in [1.54, 1.807) is 0 Å². The maximum Gasteiger partial charge on any atom is 0.164 e. The molecule has 24 aromatic rings. The number of para-hydroxylation sites is 2. The molecule has 7 nitrogen and oxygen atoms in total. The van der Waals surface area contributed by atoms with Crippen LogP contribution in [0, 0.1) is 0 Å². The number of aromatic nitrogens is 7. The van der Waals surface area contributed by atoms with Crippen LogP contribution in [-0.4, -0.2) is 34.5 Å². The first-order chi connectivity index (χ1) is 70.4. The van der Waals surface area contributed by atoms with Gasteiger partial charge in [-0.3, -0.25) is 0 Å². The zero-order valence-corrected chi connectivity index (χ0v) is 83.8. The number of hydrogen-bond donors (Lipinski definition) is 0. The van der Waals surface area contributed by atoms with Gasteiger partial charge < -0.3 is 4.57 Å². The second-order valence-electron chi connectivity index (χ2n) is 42.9. The lowest BCUT2D eigenvalue weighted by molar-refractivity contribution is 0.299. The van der Waals surface area contributed by atoms with Gasteiger partial charge in [0, 0.05) is 49.8 Å². The minimum Gasteiger partial charge on any atom is -0.309 e. The number of fused-ring (bicyclic) bond motifs is 22. The molecular weight excluding hydrogens is 1760 g/mol. The minimum atomic E-state index is -0.0169. The van der Waals surface area contributed by atoms with E-state index < -0.39 is 0 Å². The van der Waals surface area contributed by atoms with Crippen molar-refractivity contribution < 1.29 is 0 Å². The fourth-order valence-electron chi connectivity index (χ4n) is 23.5. The molecule has 27 rings (SSSR count). The molecule has 0 aliphatic heterocycles.